The number of hydrogen-bond donors (Lipinski definition) is 1. The van der Waals surface area contributed by atoms with Crippen molar-refractivity contribution in [1.29, 1.82) is 0 Å². The molecule has 6 heteroatoms. The number of amides is 1. The van der Waals surface area contributed by atoms with Crippen molar-refractivity contribution in [2.75, 3.05) is 31.6 Å². The third-order valence-corrected chi connectivity index (χ3v) is 6.10. The topological polar surface area (TPSA) is 44.8 Å². The first kappa shape index (κ1) is 20.7. The molecule has 0 bridgehead atoms. The van der Waals surface area contributed by atoms with Crippen LogP contribution >= 0.6 is 0 Å². The van der Waals surface area contributed by atoms with Gasteiger partial charge in [-0.05, 0) is 49.6 Å². The summed E-state index contributed by atoms with van der Waals surface area (Å²) in [6.45, 7) is 7.29. The maximum absolute atomic E-state index is 13.3. The van der Waals surface area contributed by atoms with Crippen LogP contribution in [-0.4, -0.2) is 49.6 Å². The molecule has 2 aromatic carbocycles. The molecular weight excluding hydrogens is 381 g/mol. The fourth-order valence-corrected chi connectivity index (χ4v) is 4.65. The largest absolute Gasteiger partial charge is 0.497 e. The second-order valence-corrected chi connectivity index (χ2v) is 8.59. The number of fused-ring (bicyclic) bond motifs is 3. The first-order valence-corrected chi connectivity index (χ1v) is 10.7. The van der Waals surface area contributed by atoms with E-state index in [0.29, 0.717) is 0 Å². The number of carbonyl (C=O) groups excluding carboxylic acids is 1. The van der Waals surface area contributed by atoms with Crippen molar-refractivity contribution >= 4 is 11.6 Å². The second-order valence-electron chi connectivity index (χ2n) is 8.59. The number of hydrogen-bond acceptors (Lipinski definition) is 4. The van der Waals surface area contributed by atoms with E-state index in [1.165, 1.54) is 23.4 Å². The standard InChI is InChI=1S/C24H30FN3O2/c1-16(2)26-24(29)21-12-18-6-9-20(30-3)13-22(18)28-11-10-27(15-23(21)28)14-17-4-7-19(25)8-5-17/h4-9,13,16,21,23H,10-12,14-15H2,1-3H3,(H,26,29)/t21-,23-/m0/s1. The van der Waals surface area contributed by atoms with Gasteiger partial charge >= 0.3 is 0 Å². The van der Waals surface area contributed by atoms with Crippen molar-refractivity contribution in [1.82, 2.24) is 10.2 Å². The second kappa shape index (κ2) is 8.64. The SMILES string of the molecule is COc1ccc2c(c1)N1CCN(Cc3ccc(F)cc3)C[C@H]1[C@@H](C(=O)NC(C)C)C2. The summed E-state index contributed by atoms with van der Waals surface area (Å²) in [6.07, 6.45) is 0.726. The molecular formula is C24H30FN3O2. The normalized spacial score (nSPS) is 21.2. The van der Waals surface area contributed by atoms with Gasteiger partial charge in [0.05, 0.1) is 19.1 Å². The zero-order chi connectivity index (χ0) is 21.3. The number of benzene rings is 2. The molecule has 2 heterocycles. The molecule has 1 N–H and O–H groups in total. The highest BCUT2D eigenvalue weighted by atomic mass is 19.1. The Hall–Kier alpha value is -2.60. The highest BCUT2D eigenvalue weighted by Crippen LogP contribution is 2.38. The lowest BCUT2D eigenvalue weighted by Crippen LogP contribution is -2.61. The highest BCUT2D eigenvalue weighted by Gasteiger charge is 2.41. The minimum Gasteiger partial charge on any atom is -0.497 e. The van der Waals surface area contributed by atoms with Crippen molar-refractivity contribution in [3.63, 3.8) is 0 Å². The van der Waals surface area contributed by atoms with Gasteiger partial charge in [-0.1, -0.05) is 18.2 Å². The molecule has 1 saturated heterocycles. The minimum atomic E-state index is -0.216. The van der Waals surface area contributed by atoms with Crippen LogP contribution in [0.1, 0.15) is 25.0 Å². The number of methoxy groups -OCH3 is 1. The van der Waals surface area contributed by atoms with E-state index in [1.54, 1.807) is 7.11 Å². The molecule has 0 aliphatic carbocycles. The van der Waals surface area contributed by atoms with Gasteiger partial charge in [0, 0.05) is 44.0 Å². The molecule has 2 atom stereocenters. The third kappa shape index (κ3) is 4.29. The van der Waals surface area contributed by atoms with Crippen LogP contribution in [0.15, 0.2) is 42.5 Å². The van der Waals surface area contributed by atoms with Gasteiger partial charge in [0.25, 0.3) is 0 Å². The third-order valence-electron chi connectivity index (χ3n) is 6.10. The molecule has 0 unspecified atom stereocenters. The summed E-state index contributed by atoms with van der Waals surface area (Å²) in [5, 5.41) is 3.12. The molecule has 0 radical (unpaired) electrons. The van der Waals surface area contributed by atoms with Gasteiger partial charge in [-0.2, -0.15) is 0 Å². The molecule has 160 valence electrons. The number of nitrogens with one attached hydrogen (secondary N) is 1. The molecule has 2 aromatic rings. The van der Waals surface area contributed by atoms with Gasteiger partial charge in [-0.15, -0.1) is 0 Å². The minimum absolute atomic E-state index is 0.0950. The van der Waals surface area contributed by atoms with E-state index in [2.05, 4.69) is 27.2 Å². The summed E-state index contributed by atoms with van der Waals surface area (Å²) in [5.41, 5.74) is 3.46. The smallest absolute Gasteiger partial charge is 0.225 e. The molecule has 0 saturated carbocycles. The van der Waals surface area contributed by atoms with Gasteiger partial charge in [0.2, 0.25) is 5.91 Å². The van der Waals surface area contributed by atoms with E-state index < -0.39 is 0 Å². The summed E-state index contributed by atoms with van der Waals surface area (Å²) in [7, 11) is 1.68. The van der Waals surface area contributed by atoms with Gasteiger partial charge in [-0.3, -0.25) is 9.69 Å². The summed E-state index contributed by atoms with van der Waals surface area (Å²) < 4.78 is 18.7. The fraction of sp³-hybridized carbons (Fsp3) is 0.458. The Bertz CT molecular complexity index is 900. The van der Waals surface area contributed by atoms with E-state index in [9.17, 15) is 9.18 Å². The Morgan fingerprint density at radius 2 is 1.97 bits per heavy atom. The number of carbonyl (C=O) groups is 1. The number of halogens is 1. The van der Waals surface area contributed by atoms with Crippen LogP contribution in [-0.2, 0) is 17.8 Å². The predicted molar refractivity (Wildman–Crippen MR) is 116 cm³/mol. The van der Waals surface area contributed by atoms with Crippen molar-refractivity contribution in [2.45, 2.75) is 38.9 Å². The predicted octanol–water partition coefficient (Wildman–Crippen LogP) is 3.22. The van der Waals surface area contributed by atoms with E-state index in [-0.39, 0.29) is 29.7 Å². The maximum atomic E-state index is 13.3. The van der Waals surface area contributed by atoms with Gasteiger partial charge in [0.15, 0.2) is 0 Å². The van der Waals surface area contributed by atoms with Gasteiger partial charge < -0.3 is 15.0 Å². The molecule has 5 nitrogen and oxygen atoms in total. The van der Waals surface area contributed by atoms with Crippen molar-refractivity contribution in [3.05, 3.63) is 59.4 Å². The van der Waals surface area contributed by atoms with Crippen LogP contribution in [0, 0.1) is 11.7 Å². The van der Waals surface area contributed by atoms with E-state index >= 15 is 0 Å². The monoisotopic (exact) mass is 411 g/mol. The fourth-order valence-electron chi connectivity index (χ4n) is 4.65. The summed E-state index contributed by atoms with van der Waals surface area (Å²) >= 11 is 0. The van der Waals surface area contributed by atoms with Gasteiger partial charge in [0.1, 0.15) is 11.6 Å². The van der Waals surface area contributed by atoms with E-state index in [1.807, 2.05) is 32.0 Å². The zero-order valence-corrected chi connectivity index (χ0v) is 17.9. The molecule has 2 aliphatic rings. The number of rotatable bonds is 5. The lowest BCUT2D eigenvalue weighted by molar-refractivity contribution is -0.126. The molecule has 0 spiro atoms. The van der Waals surface area contributed by atoms with Crippen LogP contribution in [0.5, 0.6) is 5.75 Å². The average Bonchev–Trinajstić information content (AvgIpc) is 2.73. The number of ether oxygens (including phenoxy) is 1. The van der Waals surface area contributed by atoms with Crippen molar-refractivity contribution in [2.24, 2.45) is 5.92 Å². The van der Waals surface area contributed by atoms with E-state index in [4.69, 9.17) is 4.74 Å². The Balaban J connectivity index is 1.59. The van der Waals surface area contributed by atoms with E-state index in [0.717, 1.165) is 43.9 Å². The maximum Gasteiger partial charge on any atom is 0.225 e. The van der Waals surface area contributed by atoms with Gasteiger partial charge in [-0.25, -0.2) is 4.39 Å². The number of anilines is 1. The average molecular weight is 412 g/mol. The first-order valence-electron chi connectivity index (χ1n) is 10.7. The lowest BCUT2D eigenvalue weighted by atomic mass is 9.83. The van der Waals surface area contributed by atoms with Crippen LogP contribution in [0.25, 0.3) is 0 Å². The molecule has 2 aliphatic heterocycles. The summed E-state index contributed by atoms with van der Waals surface area (Å²) in [6, 6.07) is 13.1. The van der Waals surface area contributed by atoms with Crippen molar-refractivity contribution in [3.8, 4) is 5.75 Å². The molecule has 0 aromatic heterocycles. The Labute approximate surface area is 177 Å². The summed E-state index contributed by atoms with van der Waals surface area (Å²) in [4.78, 5) is 17.8. The Kier molecular flexibility index (Phi) is 5.95. The molecule has 30 heavy (non-hydrogen) atoms. The Morgan fingerprint density at radius 1 is 1.20 bits per heavy atom. The quantitative estimate of drug-likeness (QED) is 0.821. The number of nitrogens with zero attached hydrogens (tertiary/aromatic N) is 2. The number of piperazine rings is 1. The summed E-state index contributed by atoms with van der Waals surface area (Å²) in [5.74, 6) is 0.632. The van der Waals surface area contributed by atoms with Crippen LogP contribution in [0.4, 0.5) is 10.1 Å². The molecule has 1 amide bonds. The highest BCUT2D eigenvalue weighted by molar-refractivity contribution is 5.82. The lowest BCUT2D eigenvalue weighted by Gasteiger charge is -2.49. The van der Waals surface area contributed by atoms with Crippen LogP contribution in [0.3, 0.4) is 0 Å². The Morgan fingerprint density at radius 3 is 2.67 bits per heavy atom. The molecule has 1 fully saturated rings. The van der Waals surface area contributed by atoms with Crippen LogP contribution in [0.2, 0.25) is 0 Å². The molecule has 4 rings (SSSR count). The first-order chi connectivity index (χ1) is 14.4. The zero-order valence-electron chi connectivity index (χ0n) is 17.9. The van der Waals surface area contributed by atoms with Crippen molar-refractivity contribution < 1.29 is 13.9 Å². The van der Waals surface area contributed by atoms with Crippen LogP contribution < -0.4 is 15.0 Å².